The SMILES string of the molecule is CC(Nc1cc(-c2cc(NC3CCC(N)CC3)ncc2Cl)ccn1)c1ccccc1. The van der Waals surface area contributed by atoms with E-state index in [0.29, 0.717) is 17.1 Å². The molecule has 2 heterocycles. The highest BCUT2D eigenvalue weighted by molar-refractivity contribution is 6.33. The number of nitrogens with one attached hydrogen (secondary N) is 2. The monoisotopic (exact) mass is 421 g/mol. The van der Waals surface area contributed by atoms with Gasteiger partial charge in [0, 0.05) is 36.1 Å². The van der Waals surface area contributed by atoms with Gasteiger partial charge in [-0.1, -0.05) is 41.9 Å². The maximum Gasteiger partial charge on any atom is 0.126 e. The average molecular weight is 422 g/mol. The number of hydrogen-bond acceptors (Lipinski definition) is 5. The lowest BCUT2D eigenvalue weighted by molar-refractivity contribution is 0.410. The van der Waals surface area contributed by atoms with Gasteiger partial charge >= 0.3 is 0 Å². The first-order chi connectivity index (χ1) is 14.6. The number of benzene rings is 1. The molecule has 1 atom stereocenters. The van der Waals surface area contributed by atoms with E-state index in [1.165, 1.54) is 5.56 Å². The lowest BCUT2D eigenvalue weighted by Gasteiger charge is -2.27. The second-order valence-electron chi connectivity index (χ2n) is 8.01. The second kappa shape index (κ2) is 9.45. The standard InChI is InChI=1S/C24H28ClN5/c1-16(17-5-3-2-4-6-17)29-23-13-18(11-12-27-23)21-14-24(28-15-22(21)25)30-20-9-7-19(26)8-10-20/h2-6,11-16,19-20H,7-10,26H2,1H3,(H,27,29)(H,28,30). The zero-order valence-corrected chi connectivity index (χ0v) is 17.9. The zero-order chi connectivity index (χ0) is 20.9. The van der Waals surface area contributed by atoms with E-state index in [-0.39, 0.29) is 6.04 Å². The molecule has 0 aliphatic heterocycles. The Labute approximate surface area is 183 Å². The van der Waals surface area contributed by atoms with Crippen LogP contribution in [-0.2, 0) is 0 Å². The van der Waals surface area contributed by atoms with Gasteiger partial charge < -0.3 is 16.4 Å². The molecule has 30 heavy (non-hydrogen) atoms. The first kappa shape index (κ1) is 20.6. The fraction of sp³-hybridized carbons (Fsp3) is 0.333. The summed E-state index contributed by atoms with van der Waals surface area (Å²) in [5, 5.41) is 7.65. The number of anilines is 2. The van der Waals surface area contributed by atoms with Gasteiger partial charge in [0.15, 0.2) is 0 Å². The van der Waals surface area contributed by atoms with Gasteiger partial charge in [-0.25, -0.2) is 9.97 Å². The van der Waals surface area contributed by atoms with Crippen LogP contribution in [0.15, 0.2) is 60.9 Å². The van der Waals surface area contributed by atoms with E-state index in [9.17, 15) is 0 Å². The topological polar surface area (TPSA) is 75.9 Å². The molecular weight excluding hydrogens is 394 g/mol. The van der Waals surface area contributed by atoms with E-state index in [0.717, 1.165) is 48.4 Å². The molecule has 2 aromatic heterocycles. The summed E-state index contributed by atoms with van der Waals surface area (Å²) in [7, 11) is 0. The Morgan fingerprint density at radius 3 is 2.53 bits per heavy atom. The van der Waals surface area contributed by atoms with E-state index in [2.05, 4.69) is 39.7 Å². The number of nitrogens with two attached hydrogens (primary N) is 1. The molecule has 6 heteroatoms. The van der Waals surface area contributed by atoms with E-state index in [4.69, 9.17) is 17.3 Å². The van der Waals surface area contributed by atoms with Crippen LogP contribution in [0.3, 0.4) is 0 Å². The fourth-order valence-electron chi connectivity index (χ4n) is 3.94. The smallest absolute Gasteiger partial charge is 0.126 e. The molecule has 3 aromatic rings. The Morgan fingerprint density at radius 2 is 1.77 bits per heavy atom. The van der Waals surface area contributed by atoms with E-state index < -0.39 is 0 Å². The van der Waals surface area contributed by atoms with Crippen molar-refractivity contribution in [3.63, 3.8) is 0 Å². The predicted molar refractivity (Wildman–Crippen MR) is 125 cm³/mol. The molecule has 0 bridgehead atoms. The molecule has 1 aromatic carbocycles. The van der Waals surface area contributed by atoms with Crippen LogP contribution in [0.5, 0.6) is 0 Å². The van der Waals surface area contributed by atoms with Crippen LogP contribution in [0.25, 0.3) is 11.1 Å². The molecular formula is C24H28ClN5. The van der Waals surface area contributed by atoms with Gasteiger partial charge in [0.05, 0.1) is 5.02 Å². The second-order valence-corrected chi connectivity index (χ2v) is 8.42. The number of aromatic nitrogens is 2. The van der Waals surface area contributed by atoms with Gasteiger partial charge in [-0.05, 0) is 61.9 Å². The lowest BCUT2D eigenvalue weighted by atomic mass is 9.92. The summed E-state index contributed by atoms with van der Waals surface area (Å²) in [6, 6.07) is 17.2. The molecule has 1 aliphatic rings. The van der Waals surface area contributed by atoms with Crippen molar-refractivity contribution < 1.29 is 0 Å². The van der Waals surface area contributed by atoms with Crippen molar-refractivity contribution in [2.75, 3.05) is 10.6 Å². The molecule has 4 rings (SSSR count). The van der Waals surface area contributed by atoms with Crippen LogP contribution in [0.4, 0.5) is 11.6 Å². The number of halogens is 1. The molecule has 1 aliphatic carbocycles. The zero-order valence-electron chi connectivity index (χ0n) is 17.2. The quantitative estimate of drug-likeness (QED) is 0.479. The third-order valence-corrected chi connectivity index (χ3v) is 6.02. The summed E-state index contributed by atoms with van der Waals surface area (Å²) < 4.78 is 0. The van der Waals surface area contributed by atoms with Gasteiger partial charge in [0.2, 0.25) is 0 Å². The van der Waals surface area contributed by atoms with E-state index in [1.807, 2.05) is 42.6 Å². The Morgan fingerprint density at radius 1 is 1.00 bits per heavy atom. The highest BCUT2D eigenvalue weighted by atomic mass is 35.5. The van der Waals surface area contributed by atoms with E-state index in [1.54, 1.807) is 6.20 Å². The summed E-state index contributed by atoms with van der Waals surface area (Å²) in [6.45, 7) is 2.13. The van der Waals surface area contributed by atoms with Crippen LogP contribution in [-0.4, -0.2) is 22.1 Å². The number of pyridine rings is 2. The minimum Gasteiger partial charge on any atom is -0.367 e. The molecule has 0 amide bonds. The number of nitrogens with zero attached hydrogens (tertiary/aromatic N) is 2. The number of rotatable bonds is 6. The summed E-state index contributed by atoms with van der Waals surface area (Å²) in [6.07, 6.45) is 7.77. The van der Waals surface area contributed by atoms with Crippen molar-refractivity contribution >= 4 is 23.2 Å². The predicted octanol–water partition coefficient (Wildman–Crippen LogP) is 5.65. The van der Waals surface area contributed by atoms with Crippen molar-refractivity contribution in [3.8, 4) is 11.1 Å². The van der Waals surface area contributed by atoms with Crippen molar-refractivity contribution in [2.45, 2.75) is 50.7 Å². The van der Waals surface area contributed by atoms with Crippen molar-refractivity contribution in [1.82, 2.24) is 9.97 Å². The summed E-state index contributed by atoms with van der Waals surface area (Å²) >= 11 is 6.50. The molecule has 1 unspecified atom stereocenters. The van der Waals surface area contributed by atoms with Gasteiger partial charge in [-0.2, -0.15) is 0 Å². The normalized spacial score (nSPS) is 19.8. The molecule has 0 radical (unpaired) electrons. The molecule has 156 valence electrons. The minimum atomic E-state index is 0.150. The first-order valence-corrected chi connectivity index (χ1v) is 10.9. The summed E-state index contributed by atoms with van der Waals surface area (Å²) in [5.41, 5.74) is 9.19. The highest BCUT2D eigenvalue weighted by Gasteiger charge is 2.19. The molecule has 0 saturated heterocycles. The molecule has 4 N–H and O–H groups in total. The van der Waals surface area contributed by atoms with Crippen LogP contribution < -0.4 is 16.4 Å². The fourth-order valence-corrected chi connectivity index (χ4v) is 4.15. The number of hydrogen-bond donors (Lipinski definition) is 3. The largest absolute Gasteiger partial charge is 0.367 e. The van der Waals surface area contributed by atoms with Gasteiger partial charge in [-0.3, -0.25) is 0 Å². The first-order valence-electron chi connectivity index (χ1n) is 10.5. The third kappa shape index (κ3) is 5.10. The Balaban J connectivity index is 1.51. The van der Waals surface area contributed by atoms with Gasteiger partial charge in [-0.15, -0.1) is 0 Å². The van der Waals surface area contributed by atoms with Gasteiger partial charge in [0.1, 0.15) is 11.6 Å². The molecule has 0 spiro atoms. The van der Waals surface area contributed by atoms with Gasteiger partial charge in [0.25, 0.3) is 0 Å². The molecule has 1 fully saturated rings. The lowest BCUT2D eigenvalue weighted by Crippen LogP contribution is -2.33. The van der Waals surface area contributed by atoms with Crippen LogP contribution in [0, 0.1) is 0 Å². The minimum absolute atomic E-state index is 0.150. The molecule has 1 saturated carbocycles. The van der Waals surface area contributed by atoms with E-state index >= 15 is 0 Å². The van der Waals surface area contributed by atoms with Crippen LogP contribution in [0.2, 0.25) is 5.02 Å². The van der Waals surface area contributed by atoms with Crippen LogP contribution in [0.1, 0.15) is 44.2 Å². The van der Waals surface area contributed by atoms with Crippen LogP contribution >= 0.6 is 11.6 Å². The molecule has 5 nitrogen and oxygen atoms in total. The third-order valence-electron chi connectivity index (χ3n) is 5.71. The Hall–Kier alpha value is -2.63. The maximum atomic E-state index is 6.50. The van der Waals surface area contributed by atoms with Crippen molar-refractivity contribution in [2.24, 2.45) is 5.73 Å². The summed E-state index contributed by atoms with van der Waals surface area (Å²) in [4.78, 5) is 8.97. The van der Waals surface area contributed by atoms with Crippen molar-refractivity contribution in [3.05, 3.63) is 71.5 Å². The Bertz CT molecular complexity index is 970. The maximum absolute atomic E-state index is 6.50. The Kier molecular flexibility index (Phi) is 6.50. The average Bonchev–Trinajstić information content (AvgIpc) is 2.77. The summed E-state index contributed by atoms with van der Waals surface area (Å²) in [5.74, 6) is 1.66. The van der Waals surface area contributed by atoms with Crippen molar-refractivity contribution in [1.29, 1.82) is 0 Å². The highest BCUT2D eigenvalue weighted by Crippen LogP contribution is 2.32.